The van der Waals surface area contributed by atoms with Gasteiger partial charge in [-0.05, 0) is 24.3 Å². The van der Waals surface area contributed by atoms with Crippen LogP contribution in [0.15, 0.2) is 47.3 Å². The van der Waals surface area contributed by atoms with Crippen LogP contribution in [0, 0.1) is 0 Å². The van der Waals surface area contributed by atoms with Gasteiger partial charge in [-0.2, -0.15) is 5.10 Å². The van der Waals surface area contributed by atoms with E-state index < -0.39 is 0 Å². The molecule has 0 bridgehead atoms. The predicted molar refractivity (Wildman–Crippen MR) is 94.6 cm³/mol. The molecule has 1 N–H and O–H groups in total. The second-order valence-corrected chi connectivity index (χ2v) is 6.07. The van der Waals surface area contributed by atoms with E-state index in [-0.39, 0.29) is 23.0 Å². The fourth-order valence-corrected chi connectivity index (χ4v) is 2.93. The third-order valence-electron chi connectivity index (χ3n) is 3.63. The van der Waals surface area contributed by atoms with Gasteiger partial charge in [0, 0.05) is 17.5 Å². The zero-order chi connectivity index (χ0) is 17.3. The van der Waals surface area contributed by atoms with Crippen LogP contribution in [0.1, 0.15) is 16.1 Å². The summed E-state index contributed by atoms with van der Waals surface area (Å²) in [5.41, 5.74) is 0.753. The van der Waals surface area contributed by atoms with Gasteiger partial charge in [-0.25, -0.2) is 4.68 Å². The summed E-state index contributed by atoms with van der Waals surface area (Å²) in [7, 11) is 1.58. The maximum Gasteiger partial charge on any atom is 0.274 e. The molecule has 0 unspecified atom stereocenters. The molecular formula is C17H13Cl2N3O2. The number of benzene rings is 2. The Kier molecular flexibility index (Phi) is 4.55. The predicted octanol–water partition coefficient (Wildman–Crippen LogP) is 3.17. The molecule has 24 heavy (non-hydrogen) atoms. The minimum Gasteiger partial charge on any atom is -0.346 e. The summed E-state index contributed by atoms with van der Waals surface area (Å²) < 4.78 is 1.26. The standard InChI is InChI=1S/C17H13Cl2N3O2/c1-22-17(24)12-5-3-2-4-11(12)15(21-22)9-20-16(23)13-7-6-10(18)8-14(13)19/h2-8H,9H2,1H3,(H,20,23). The highest BCUT2D eigenvalue weighted by Gasteiger charge is 2.13. The summed E-state index contributed by atoms with van der Waals surface area (Å²) in [6, 6.07) is 11.8. The van der Waals surface area contributed by atoms with Crippen molar-refractivity contribution in [2.45, 2.75) is 6.54 Å². The molecule has 7 heteroatoms. The van der Waals surface area contributed by atoms with Crippen molar-refractivity contribution < 1.29 is 4.79 Å². The number of rotatable bonds is 3. The maximum atomic E-state index is 12.3. The van der Waals surface area contributed by atoms with Crippen LogP contribution in [-0.2, 0) is 13.6 Å². The van der Waals surface area contributed by atoms with Crippen LogP contribution in [0.25, 0.3) is 10.8 Å². The molecule has 0 fully saturated rings. The highest BCUT2D eigenvalue weighted by Crippen LogP contribution is 2.21. The number of nitrogens with one attached hydrogen (secondary N) is 1. The Morgan fingerprint density at radius 1 is 1.17 bits per heavy atom. The van der Waals surface area contributed by atoms with E-state index in [0.29, 0.717) is 27.1 Å². The third-order valence-corrected chi connectivity index (χ3v) is 4.17. The van der Waals surface area contributed by atoms with Crippen molar-refractivity contribution in [3.05, 3.63) is 74.1 Å². The van der Waals surface area contributed by atoms with Crippen molar-refractivity contribution in [2.75, 3.05) is 0 Å². The van der Waals surface area contributed by atoms with Gasteiger partial charge >= 0.3 is 0 Å². The molecule has 0 radical (unpaired) electrons. The van der Waals surface area contributed by atoms with Crippen LogP contribution < -0.4 is 10.9 Å². The fourth-order valence-electron chi connectivity index (χ4n) is 2.44. The lowest BCUT2D eigenvalue weighted by Crippen LogP contribution is -2.27. The van der Waals surface area contributed by atoms with E-state index in [4.69, 9.17) is 23.2 Å². The Morgan fingerprint density at radius 2 is 1.88 bits per heavy atom. The summed E-state index contributed by atoms with van der Waals surface area (Å²) in [5.74, 6) is -0.337. The minimum absolute atomic E-state index is 0.173. The molecule has 1 aromatic heterocycles. The Morgan fingerprint density at radius 3 is 2.58 bits per heavy atom. The second kappa shape index (κ2) is 6.63. The molecule has 122 valence electrons. The molecule has 3 aromatic rings. The lowest BCUT2D eigenvalue weighted by atomic mass is 10.1. The zero-order valence-electron chi connectivity index (χ0n) is 12.7. The number of aryl methyl sites for hydroxylation is 1. The van der Waals surface area contributed by atoms with Crippen LogP contribution in [0.3, 0.4) is 0 Å². The molecule has 1 amide bonds. The number of hydrogen-bond donors (Lipinski definition) is 1. The smallest absolute Gasteiger partial charge is 0.274 e. The van der Waals surface area contributed by atoms with Gasteiger partial charge in [0.15, 0.2) is 0 Å². The van der Waals surface area contributed by atoms with E-state index in [0.717, 1.165) is 0 Å². The summed E-state index contributed by atoms with van der Waals surface area (Å²) in [5, 5.41) is 9.02. The van der Waals surface area contributed by atoms with Crippen molar-refractivity contribution in [2.24, 2.45) is 7.05 Å². The van der Waals surface area contributed by atoms with Gasteiger partial charge in [0.1, 0.15) is 0 Å². The number of amides is 1. The zero-order valence-corrected chi connectivity index (χ0v) is 14.2. The second-order valence-electron chi connectivity index (χ2n) is 5.23. The van der Waals surface area contributed by atoms with Crippen LogP contribution in [0.2, 0.25) is 10.0 Å². The third kappa shape index (κ3) is 3.13. The first kappa shape index (κ1) is 16.5. The Balaban J connectivity index is 1.90. The molecular weight excluding hydrogens is 349 g/mol. The first-order valence-electron chi connectivity index (χ1n) is 7.15. The summed E-state index contributed by atoms with van der Waals surface area (Å²) in [6.45, 7) is 0.173. The average Bonchev–Trinajstić information content (AvgIpc) is 2.56. The molecule has 0 saturated heterocycles. The van der Waals surface area contributed by atoms with Crippen molar-refractivity contribution in [3.63, 3.8) is 0 Å². The lowest BCUT2D eigenvalue weighted by molar-refractivity contribution is 0.0950. The van der Waals surface area contributed by atoms with E-state index in [1.807, 2.05) is 6.07 Å². The number of carbonyl (C=O) groups excluding carboxylic acids is 1. The minimum atomic E-state index is -0.337. The molecule has 0 spiro atoms. The molecule has 1 heterocycles. The van der Waals surface area contributed by atoms with E-state index in [1.165, 1.54) is 10.7 Å². The lowest BCUT2D eigenvalue weighted by Gasteiger charge is -2.10. The van der Waals surface area contributed by atoms with E-state index >= 15 is 0 Å². The van der Waals surface area contributed by atoms with Gasteiger partial charge in [0.05, 0.1) is 28.2 Å². The fraction of sp³-hybridized carbons (Fsp3) is 0.118. The van der Waals surface area contributed by atoms with E-state index in [9.17, 15) is 9.59 Å². The normalized spacial score (nSPS) is 10.8. The van der Waals surface area contributed by atoms with Crippen LogP contribution in [-0.4, -0.2) is 15.7 Å². The van der Waals surface area contributed by atoms with Crippen molar-refractivity contribution in [1.29, 1.82) is 0 Å². The van der Waals surface area contributed by atoms with E-state index in [2.05, 4.69) is 10.4 Å². The van der Waals surface area contributed by atoms with Gasteiger partial charge in [-0.15, -0.1) is 0 Å². The Hall–Kier alpha value is -2.37. The highest BCUT2D eigenvalue weighted by atomic mass is 35.5. The molecule has 0 aliphatic carbocycles. The maximum absolute atomic E-state index is 12.3. The number of carbonyl (C=O) groups is 1. The highest BCUT2D eigenvalue weighted by molar-refractivity contribution is 6.36. The summed E-state index contributed by atoms with van der Waals surface area (Å²) in [4.78, 5) is 24.4. The van der Waals surface area contributed by atoms with Gasteiger partial charge in [-0.3, -0.25) is 9.59 Å². The summed E-state index contributed by atoms with van der Waals surface area (Å²) >= 11 is 11.9. The topological polar surface area (TPSA) is 64.0 Å². The van der Waals surface area contributed by atoms with Crippen LogP contribution in [0.4, 0.5) is 0 Å². The Labute approximate surface area is 147 Å². The SMILES string of the molecule is Cn1nc(CNC(=O)c2ccc(Cl)cc2Cl)c2ccccc2c1=O. The number of fused-ring (bicyclic) bond motifs is 1. The first-order valence-corrected chi connectivity index (χ1v) is 7.91. The monoisotopic (exact) mass is 361 g/mol. The van der Waals surface area contributed by atoms with Crippen LogP contribution in [0.5, 0.6) is 0 Å². The van der Waals surface area contributed by atoms with Crippen molar-refractivity contribution in [1.82, 2.24) is 15.1 Å². The number of aromatic nitrogens is 2. The molecule has 0 aliphatic rings. The van der Waals surface area contributed by atoms with Crippen molar-refractivity contribution in [3.8, 4) is 0 Å². The van der Waals surface area contributed by atoms with Gasteiger partial charge in [-0.1, -0.05) is 41.4 Å². The van der Waals surface area contributed by atoms with Crippen molar-refractivity contribution >= 4 is 39.9 Å². The number of nitrogens with zero attached hydrogens (tertiary/aromatic N) is 2. The summed E-state index contributed by atoms with van der Waals surface area (Å²) in [6.07, 6.45) is 0. The molecule has 5 nitrogen and oxygen atoms in total. The molecule has 3 rings (SSSR count). The van der Waals surface area contributed by atoms with Gasteiger partial charge in [0.2, 0.25) is 0 Å². The van der Waals surface area contributed by atoms with Gasteiger partial charge < -0.3 is 5.32 Å². The van der Waals surface area contributed by atoms with Gasteiger partial charge in [0.25, 0.3) is 11.5 Å². The molecule has 0 saturated carbocycles. The van der Waals surface area contributed by atoms with E-state index in [1.54, 1.807) is 37.4 Å². The number of halogens is 2. The first-order chi connectivity index (χ1) is 11.5. The molecule has 0 atom stereocenters. The largest absolute Gasteiger partial charge is 0.346 e. The quantitative estimate of drug-likeness (QED) is 0.779. The molecule has 2 aromatic carbocycles. The van der Waals surface area contributed by atoms with Crippen LogP contribution >= 0.6 is 23.2 Å². The molecule has 0 aliphatic heterocycles. The number of hydrogen-bond acceptors (Lipinski definition) is 3. The Bertz CT molecular complexity index is 999. The average molecular weight is 362 g/mol.